The van der Waals surface area contributed by atoms with Gasteiger partial charge in [0.25, 0.3) is 11.8 Å². The Morgan fingerprint density at radius 2 is 1.47 bits per heavy atom. The summed E-state index contributed by atoms with van der Waals surface area (Å²) >= 11 is 1.30. The summed E-state index contributed by atoms with van der Waals surface area (Å²) in [6.45, 7) is 6.03. The minimum Gasteiger partial charge on any atom is -0.350 e. The first-order valence-electron chi connectivity index (χ1n) is 9.71. The van der Waals surface area contributed by atoms with Crippen molar-refractivity contribution >= 4 is 35.0 Å². The van der Waals surface area contributed by atoms with Gasteiger partial charge in [0.1, 0.15) is 10.6 Å². The highest BCUT2D eigenvalue weighted by molar-refractivity contribution is 8.04. The Morgan fingerprint density at radius 1 is 0.767 bits per heavy atom. The minimum atomic E-state index is -0.347. The van der Waals surface area contributed by atoms with Gasteiger partial charge < -0.3 is 5.32 Å². The van der Waals surface area contributed by atoms with Gasteiger partial charge in [-0.2, -0.15) is 0 Å². The van der Waals surface area contributed by atoms with E-state index in [-0.39, 0.29) is 11.8 Å². The van der Waals surface area contributed by atoms with Crippen molar-refractivity contribution in [2.24, 2.45) is 0 Å². The number of amides is 2. The molecule has 2 amide bonds. The normalized spacial score (nSPS) is 13.9. The van der Waals surface area contributed by atoms with Crippen molar-refractivity contribution in [2.75, 3.05) is 10.2 Å². The van der Waals surface area contributed by atoms with E-state index in [0.717, 1.165) is 21.7 Å². The number of benzene rings is 3. The van der Waals surface area contributed by atoms with Crippen LogP contribution in [-0.2, 0) is 9.59 Å². The van der Waals surface area contributed by atoms with Crippen LogP contribution >= 0.6 is 11.8 Å². The zero-order chi connectivity index (χ0) is 21.3. The second-order valence-corrected chi connectivity index (χ2v) is 8.41. The van der Waals surface area contributed by atoms with Gasteiger partial charge in [0.2, 0.25) is 0 Å². The van der Waals surface area contributed by atoms with Crippen molar-refractivity contribution in [2.45, 2.75) is 25.7 Å². The fourth-order valence-electron chi connectivity index (χ4n) is 3.21. The van der Waals surface area contributed by atoms with E-state index in [0.29, 0.717) is 16.3 Å². The number of nitrogens with zero attached hydrogens (tertiary/aromatic N) is 1. The molecular formula is C25H22N2O2S. The molecule has 1 N–H and O–H groups in total. The maximum absolute atomic E-state index is 13.3. The number of imide groups is 1. The molecule has 1 heterocycles. The third-order valence-corrected chi connectivity index (χ3v) is 6.16. The molecule has 0 aromatic heterocycles. The largest absolute Gasteiger partial charge is 0.350 e. The van der Waals surface area contributed by atoms with E-state index in [2.05, 4.69) is 5.32 Å². The summed E-state index contributed by atoms with van der Waals surface area (Å²) in [4.78, 5) is 29.2. The van der Waals surface area contributed by atoms with Gasteiger partial charge >= 0.3 is 0 Å². The van der Waals surface area contributed by atoms with Gasteiger partial charge in [0, 0.05) is 10.6 Å². The SMILES string of the molecule is Cc1ccc(N2C(=O)C(Nc3ccc(C)c(C)c3)=C(Sc3ccccc3)C2=O)cc1. The van der Waals surface area contributed by atoms with E-state index in [9.17, 15) is 9.59 Å². The van der Waals surface area contributed by atoms with Gasteiger partial charge in [-0.25, -0.2) is 4.90 Å². The standard InChI is InChI=1S/C25H22N2O2S/c1-16-9-13-20(14-10-16)27-24(28)22(26-19-12-11-17(2)18(3)15-19)23(25(27)29)30-21-7-5-4-6-8-21/h4-15,26H,1-3H3. The smallest absolute Gasteiger partial charge is 0.283 e. The summed E-state index contributed by atoms with van der Waals surface area (Å²) in [5.74, 6) is -0.662. The van der Waals surface area contributed by atoms with Crippen LogP contribution in [0.5, 0.6) is 0 Å². The zero-order valence-electron chi connectivity index (χ0n) is 17.1. The van der Waals surface area contributed by atoms with E-state index in [1.54, 1.807) is 12.1 Å². The summed E-state index contributed by atoms with van der Waals surface area (Å²) in [6.07, 6.45) is 0. The Labute approximate surface area is 180 Å². The topological polar surface area (TPSA) is 49.4 Å². The van der Waals surface area contributed by atoms with E-state index >= 15 is 0 Å². The van der Waals surface area contributed by atoms with Crippen LogP contribution in [0.4, 0.5) is 11.4 Å². The fraction of sp³-hybridized carbons (Fsp3) is 0.120. The maximum Gasteiger partial charge on any atom is 0.283 e. The molecule has 0 atom stereocenters. The molecule has 30 heavy (non-hydrogen) atoms. The van der Waals surface area contributed by atoms with Gasteiger partial charge in [0.15, 0.2) is 0 Å². The third-order valence-electron chi connectivity index (χ3n) is 5.07. The number of aryl methyl sites for hydroxylation is 3. The summed E-state index contributed by atoms with van der Waals surface area (Å²) in [5.41, 5.74) is 5.01. The molecule has 0 unspecified atom stereocenters. The van der Waals surface area contributed by atoms with Crippen molar-refractivity contribution in [3.8, 4) is 0 Å². The lowest BCUT2D eigenvalue weighted by atomic mass is 10.1. The predicted octanol–water partition coefficient (Wildman–Crippen LogP) is 5.60. The number of carbonyl (C=O) groups excluding carboxylic acids is 2. The Kier molecular flexibility index (Phi) is 5.46. The van der Waals surface area contributed by atoms with Gasteiger partial charge in [-0.05, 0) is 68.3 Å². The molecule has 150 valence electrons. The molecule has 0 aliphatic carbocycles. The van der Waals surface area contributed by atoms with Crippen LogP contribution in [0.2, 0.25) is 0 Å². The monoisotopic (exact) mass is 414 g/mol. The highest BCUT2D eigenvalue weighted by atomic mass is 32.2. The van der Waals surface area contributed by atoms with Gasteiger partial charge in [-0.3, -0.25) is 9.59 Å². The zero-order valence-corrected chi connectivity index (χ0v) is 17.9. The van der Waals surface area contributed by atoms with E-state index in [4.69, 9.17) is 0 Å². The van der Waals surface area contributed by atoms with E-state index < -0.39 is 0 Å². The van der Waals surface area contributed by atoms with Crippen LogP contribution in [0.3, 0.4) is 0 Å². The molecule has 0 saturated carbocycles. The van der Waals surface area contributed by atoms with Crippen LogP contribution in [0.1, 0.15) is 16.7 Å². The Morgan fingerprint density at radius 3 is 2.13 bits per heavy atom. The molecule has 0 saturated heterocycles. The molecule has 0 radical (unpaired) electrons. The highest BCUT2D eigenvalue weighted by Crippen LogP contribution is 2.37. The number of thioether (sulfide) groups is 1. The number of hydrogen-bond acceptors (Lipinski definition) is 4. The Hall–Kier alpha value is -3.31. The molecule has 4 rings (SSSR count). The first kappa shape index (κ1) is 20.0. The molecular weight excluding hydrogens is 392 g/mol. The van der Waals surface area contributed by atoms with Crippen LogP contribution in [-0.4, -0.2) is 11.8 Å². The first-order chi connectivity index (χ1) is 14.4. The fourth-order valence-corrected chi connectivity index (χ4v) is 4.16. The molecule has 3 aromatic rings. The molecule has 0 bridgehead atoms. The second-order valence-electron chi connectivity index (χ2n) is 7.32. The molecule has 0 spiro atoms. The molecule has 5 heteroatoms. The predicted molar refractivity (Wildman–Crippen MR) is 123 cm³/mol. The molecule has 4 nitrogen and oxygen atoms in total. The number of hydrogen-bond donors (Lipinski definition) is 1. The molecule has 0 fully saturated rings. The minimum absolute atomic E-state index is 0.303. The summed E-state index contributed by atoms with van der Waals surface area (Å²) in [5, 5.41) is 3.22. The maximum atomic E-state index is 13.3. The van der Waals surface area contributed by atoms with Gasteiger partial charge in [-0.1, -0.05) is 53.7 Å². The molecule has 3 aromatic carbocycles. The number of anilines is 2. The molecule has 1 aliphatic heterocycles. The van der Waals surface area contributed by atoms with Crippen molar-refractivity contribution in [1.82, 2.24) is 0 Å². The van der Waals surface area contributed by atoms with Crippen molar-refractivity contribution in [1.29, 1.82) is 0 Å². The van der Waals surface area contributed by atoms with E-state index in [1.807, 2.05) is 81.4 Å². The Balaban J connectivity index is 1.74. The second kappa shape index (κ2) is 8.20. The van der Waals surface area contributed by atoms with Crippen LogP contribution in [0.15, 0.2) is 88.3 Å². The Bertz CT molecular complexity index is 1150. The first-order valence-corrected chi connectivity index (χ1v) is 10.5. The summed E-state index contributed by atoms with van der Waals surface area (Å²) in [6, 6.07) is 22.9. The van der Waals surface area contributed by atoms with Crippen molar-refractivity contribution < 1.29 is 9.59 Å². The summed E-state index contributed by atoms with van der Waals surface area (Å²) < 4.78 is 0. The van der Waals surface area contributed by atoms with E-state index in [1.165, 1.54) is 22.2 Å². The average Bonchev–Trinajstić information content (AvgIpc) is 2.96. The third kappa shape index (κ3) is 3.89. The number of rotatable bonds is 5. The van der Waals surface area contributed by atoms with Gasteiger partial charge in [-0.15, -0.1) is 0 Å². The highest BCUT2D eigenvalue weighted by Gasteiger charge is 2.40. The van der Waals surface area contributed by atoms with Crippen LogP contribution < -0.4 is 10.2 Å². The van der Waals surface area contributed by atoms with Crippen LogP contribution in [0.25, 0.3) is 0 Å². The molecule has 1 aliphatic rings. The van der Waals surface area contributed by atoms with Crippen molar-refractivity contribution in [3.63, 3.8) is 0 Å². The van der Waals surface area contributed by atoms with Crippen molar-refractivity contribution in [3.05, 3.63) is 100 Å². The van der Waals surface area contributed by atoms with Gasteiger partial charge in [0.05, 0.1) is 5.69 Å². The quantitative estimate of drug-likeness (QED) is 0.552. The number of carbonyl (C=O) groups is 2. The lowest BCUT2D eigenvalue weighted by Crippen LogP contribution is -2.32. The average molecular weight is 415 g/mol. The number of nitrogens with one attached hydrogen (secondary N) is 1. The lowest BCUT2D eigenvalue weighted by molar-refractivity contribution is -0.120. The van der Waals surface area contributed by atoms with Crippen LogP contribution in [0, 0.1) is 20.8 Å². The summed E-state index contributed by atoms with van der Waals surface area (Å²) in [7, 11) is 0. The lowest BCUT2D eigenvalue weighted by Gasteiger charge is -2.15.